The topological polar surface area (TPSA) is 33.9 Å². The number of methoxy groups -OCH3 is 1. The van der Waals surface area contributed by atoms with E-state index in [9.17, 15) is 0 Å². The van der Waals surface area contributed by atoms with Gasteiger partial charge in [0.15, 0.2) is 13.1 Å². The fourth-order valence-electron chi connectivity index (χ4n) is 2.66. The van der Waals surface area contributed by atoms with Crippen molar-refractivity contribution in [2.75, 3.05) is 66.9 Å². The van der Waals surface area contributed by atoms with Gasteiger partial charge >= 0.3 is 0 Å². The molecule has 2 rings (SSSR count). The zero-order valence-electron chi connectivity index (χ0n) is 15.2. The SMILES string of the molecule is COc1ccc(C(SC)=[N+]2CCOCC2)c(OCCCN(C)C)c1. The maximum Gasteiger partial charge on any atom is 0.245 e. The van der Waals surface area contributed by atoms with Crippen LogP contribution >= 0.6 is 11.8 Å². The van der Waals surface area contributed by atoms with Crippen LogP contribution in [0.15, 0.2) is 18.2 Å². The lowest BCUT2D eigenvalue weighted by Crippen LogP contribution is -2.32. The van der Waals surface area contributed by atoms with Crippen molar-refractivity contribution < 1.29 is 18.8 Å². The van der Waals surface area contributed by atoms with Crippen molar-refractivity contribution in [1.82, 2.24) is 4.90 Å². The Balaban J connectivity index is 2.23. The minimum Gasteiger partial charge on any atom is -0.497 e. The van der Waals surface area contributed by atoms with Crippen LogP contribution in [0.3, 0.4) is 0 Å². The van der Waals surface area contributed by atoms with E-state index in [1.165, 1.54) is 5.04 Å². The van der Waals surface area contributed by atoms with Crippen molar-refractivity contribution in [3.05, 3.63) is 23.8 Å². The molecule has 0 atom stereocenters. The normalized spacial score (nSPS) is 14.8. The maximum atomic E-state index is 6.10. The van der Waals surface area contributed by atoms with Crippen LogP contribution in [0.1, 0.15) is 12.0 Å². The summed E-state index contributed by atoms with van der Waals surface area (Å²) < 4.78 is 19.3. The van der Waals surface area contributed by atoms with Crippen LogP contribution < -0.4 is 9.47 Å². The molecule has 1 aliphatic heterocycles. The second-order valence-electron chi connectivity index (χ2n) is 5.98. The summed E-state index contributed by atoms with van der Waals surface area (Å²) in [5.41, 5.74) is 1.13. The number of benzene rings is 1. The summed E-state index contributed by atoms with van der Waals surface area (Å²) in [6.07, 6.45) is 3.11. The first-order chi connectivity index (χ1) is 11.7. The third kappa shape index (κ3) is 5.40. The highest BCUT2D eigenvalue weighted by molar-refractivity contribution is 8.13. The van der Waals surface area contributed by atoms with Crippen molar-refractivity contribution in [2.24, 2.45) is 0 Å². The molecule has 1 fully saturated rings. The predicted octanol–water partition coefficient (Wildman–Crippen LogP) is 2.18. The molecule has 0 aromatic heterocycles. The highest BCUT2D eigenvalue weighted by Gasteiger charge is 2.23. The van der Waals surface area contributed by atoms with Crippen LogP contribution in [-0.2, 0) is 4.74 Å². The molecule has 0 radical (unpaired) electrons. The lowest BCUT2D eigenvalue weighted by Gasteiger charge is -2.17. The van der Waals surface area contributed by atoms with Gasteiger partial charge in [-0.05, 0) is 38.9 Å². The minimum atomic E-state index is 0.698. The van der Waals surface area contributed by atoms with Gasteiger partial charge in [0.25, 0.3) is 0 Å². The third-order valence-corrected chi connectivity index (χ3v) is 4.78. The fraction of sp³-hybridized carbons (Fsp3) is 0.611. The summed E-state index contributed by atoms with van der Waals surface area (Å²) in [5.74, 6) is 1.72. The molecule has 24 heavy (non-hydrogen) atoms. The molecule has 1 saturated heterocycles. The van der Waals surface area contributed by atoms with Gasteiger partial charge in [0.05, 0.1) is 19.3 Å². The van der Waals surface area contributed by atoms with E-state index in [4.69, 9.17) is 14.2 Å². The summed E-state index contributed by atoms with van der Waals surface area (Å²) in [4.78, 5) is 2.17. The lowest BCUT2D eigenvalue weighted by molar-refractivity contribution is -0.546. The zero-order valence-corrected chi connectivity index (χ0v) is 16.0. The summed E-state index contributed by atoms with van der Waals surface area (Å²) in [5, 5.41) is 1.24. The first-order valence-electron chi connectivity index (χ1n) is 8.35. The van der Waals surface area contributed by atoms with E-state index in [1.54, 1.807) is 18.9 Å². The number of hydrogen-bond acceptors (Lipinski definition) is 5. The lowest BCUT2D eigenvalue weighted by atomic mass is 10.2. The summed E-state index contributed by atoms with van der Waals surface area (Å²) in [6.45, 7) is 5.11. The quantitative estimate of drug-likeness (QED) is 0.426. The van der Waals surface area contributed by atoms with Crippen LogP contribution in [0.2, 0.25) is 0 Å². The number of morpholine rings is 1. The standard InChI is InChI=1S/C18H29N2O3S/c1-19(2)8-5-11-23-17-14-15(21-3)6-7-16(17)18(24-4)20-9-12-22-13-10-20/h6-7,14H,5,8-13H2,1-4H3/q+1. The molecule has 1 heterocycles. The van der Waals surface area contributed by atoms with Crippen molar-refractivity contribution >= 4 is 16.8 Å². The molecule has 0 spiro atoms. The van der Waals surface area contributed by atoms with Crippen molar-refractivity contribution in [3.8, 4) is 11.5 Å². The molecule has 6 heteroatoms. The Hall–Kier alpha value is -1.24. The molecule has 1 aromatic rings. The van der Waals surface area contributed by atoms with E-state index in [2.05, 4.69) is 35.9 Å². The largest absolute Gasteiger partial charge is 0.497 e. The van der Waals surface area contributed by atoms with E-state index >= 15 is 0 Å². The van der Waals surface area contributed by atoms with Gasteiger partial charge in [-0.2, -0.15) is 0 Å². The monoisotopic (exact) mass is 353 g/mol. The summed E-state index contributed by atoms with van der Waals surface area (Å²) in [7, 11) is 5.84. The Morgan fingerprint density at radius 2 is 2.04 bits per heavy atom. The molecule has 134 valence electrons. The highest BCUT2D eigenvalue weighted by Crippen LogP contribution is 2.28. The fourth-order valence-corrected chi connectivity index (χ4v) is 3.49. The molecular weight excluding hydrogens is 324 g/mol. The minimum absolute atomic E-state index is 0.698. The predicted molar refractivity (Wildman–Crippen MR) is 100 cm³/mol. The average Bonchev–Trinajstić information content (AvgIpc) is 2.61. The molecule has 0 unspecified atom stereocenters. The van der Waals surface area contributed by atoms with Crippen molar-refractivity contribution in [3.63, 3.8) is 0 Å². The molecule has 0 bridgehead atoms. The van der Waals surface area contributed by atoms with Gasteiger partial charge in [0.1, 0.15) is 24.7 Å². The molecule has 1 aliphatic rings. The summed E-state index contributed by atoms with van der Waals surface area (Å²) in [6, 6.07) is 6.09. The molecule has 1 aromatic carbocycles. The van der Waals surface area contributed by atoms with E-state index in [-0.39, 0.29) is 0 Å². The molecule has 5 nitrogen and oxygen atoms in total. The van der Waals surface area contributed by atoms with Gasteiger partial charge in [-0.1, -0.05) is 11.8 Å². The van der Waals surface area contributed by atoms with Crippen LogP contribution in [-0.4, -0.2) is 81.4 Å². The van der Waals surface area contributed by atoms with Gasteiger partial charge in [0, 0.05) is 12.6 Å². The van der Waals surface area contributed by atoms with Crippen LogP contribution in [0.25, 0.3) is 0 Å². The van der Waals surface area contributed by atoms with E-state index in [0.717, 1.165) is 56.3 Å². The first kappa shape index (κ1) is 19.1. The number of hydrogen-bond donors (Lipinski definition) is 0. The van der Waals surface area contributed by atoms with Crippen molar-refractivity contribution in [2.45, 2.75) is 6.42 Å². The number of nitrogens with zero attached hydrogens (tertiary/aromatic N) is 2. The van der Waals surface area contributed by atoms with Gasteiger partial charge in [-0.25, -0.2) is 4.58 Å². The Labute approximate surface area is 149 Å². The van der Waals surface area contributed by atoms with E-state index in [1.807, 2.05) is 12.1 Å². The number of thioether (sulfide) groups is 1. The molecule has 0 amide bonds. The molecule has 0 aliphatic carbocycles. The van der Waals surface area contributed by atoms with Crippen LogP contribution in [0.4, 0.5) is 0 Å². The molecule has 0 saturated carbocycles. The second-order valence-corrected chi connectivity index (χ2v) is 6.77. The Morgan fingerprint density at radius 1 is 1.29 bits per heavy atom. The Bertz CT molecular complexity index is 553. The first-order valence-corrected chi connectivity index (χ1v) is 9.57. The third-order valence-electron chi connectivity index (χ3n) is 3.92. The summed E-state index contributed by atoms with van der Waals surface area (Å²) >= 11 is 1.76. The van der Waals surface area contributed by atoms with Crippen molar-refractivity contribution in [1.29, 1.82) is 0 Å². The maximum absolute atomic E-state index is 6.10. The van der Waals surface area contributed by atoms with E-state index < -0.39 is 0 Å². The van der Waals surface area contributed by atoms with Gasteiger partial charge in [-0.15, -0.1) is 0 Å². The molecule has 0 N–H and O–H groups in total. The van der Waals surface area contributed by atoms with Crippen LogP contribution in [0, 0.1) is 0 Å². The number of ether oxygens (including phenoxy) is 3. The molecular formula is C18H29N2O3S+. The van der Waals surface area contributed by atoms with Gasteiger partial charge in [0.2, 0.25) is 5.04 Å². The van der Waals surface area contributed by atoms with E-state index in [0.29, 0.717) is 6.61 Å². The zero-order chi connectivity index (χ0) is 17.4. The second kappa shape index (κ2) is 9.91. The van der Waals surface area contributed by atoms with Gasteiger partial charge in [-0.3, -0.25) is 0 Å². The Morgan fingerprint density at radius 3 is 2.67 bits per heavy atom. The van der Waals surface area contributed by atoms with Crippen LogP contribution in [0.5, 0.6) is 11.5 Å². The van der Waals surface area contributed by atoms with Gasteiger partial charge < -0.3 is 19.1 Å². The smallest absolute Gasteiger partial charge is 0.245 e. The Kier molecular flexibility index (Phi) is 7.88. The highest BCUT2D eigenvalue weighted by atomic mass is 32.2. The number of rotatable bonds is 7. The average molecular weight is 354 g/mol.